The van der Waals surface area contributed by atoms with Crippen LogP contribution in [0.1, 0.15) is 5.56 Å². The molecule has 0 heterocycles. The molecule has 0 aliphatic rings. The van der Waals surface area contributed by atoms with Gasteiger partial charge in [0.25, 0.3) is 6.04 Å². The van der Waals surface area contributed by atoms with Crippen molar-refractivity contribution in [3.8, 4) is 5.75 Å². The van der Waals surface area contributed by atoms with E-state index in [4.69, 9.17) is 10.2 Å². The van der Waals surface area contributed by atoms with E-state index >= 15 is 0 Å². The molecule has 10 nitrogen and oxygen atoms in total. The first-order valence-electron chi connectivity index (χ1n) is 4.91. The Morgan fingerprint density at radius 3 is 2.05 bits per heavy atom. The highest BCUT2D eigenvalue weighted by Gasteiger charge is 2.43. The number of hydrazine groups is 2. The summed E-state index contributed by atoms with van der Waals surface area (Å²) < 4.78 is 0. The predicted octanol–water partition coefficient (Wildman–Crippen LogP) is 0.0733. The van der Waals surface area contributed by atoms with Crippen molar-refractivity contribution in [1.29, 1.82) is 0 Å². The highest BCUT2D eigenvalue weighted by Crippen LogP contribution is 2.14. The maximum absolute atomic E-state index is 10.9. The molecule has 0 aliphatic carbocycles. The van der Waals surface area contributed by atoms with Crippen molar-refractivity contribution in [1.82, 2.24) is 5.12 Å². The molecule has 102 valence electrons. The van der Waals surface area contributed by atoms with E-state index in [2.05, 4.69) is 0 Å². The quantitative estimate of drug-likeness (QED) is 0.545. The van der Waals surface area contributed by atoms with Crippen LogP contribution >= 0.6 is 0 Å². The van der Waals surface area contributed by atoms with Crippen LogP contribution in [0.4, 0.5) is 0 Å². The van der Waals surface area contributed by atoms with Gasteiger partial charge in [-0.1, -0.05) is 12.1 Å². The van der Waals surface area contributed by atoms with Gasteiger partial charge in [-0.3, -0.25) is 0 Å². The zero-order valence-electron chi connectivity index (χ0n) is 9.37. The first-order chi connectivity index (χ1) is 8.82. The Labute approximate surface area is 105 Å². The SMILES string of the molecule is O=C(O)[C@H](Cc1ccc(O)cc1)N([N+](=O)[O-])[N+](=O)[O-]. The highest BCUT2D eigenvalue weighted by molar-refractivity contribution is 5.73. The molecule has 0 spiro atoms. The van der Waals surface area contributed by atoms with E-state index in [9.17, 15) is 25.0 Å². The molecule has 1 aromatic carbocycles. The Kier molecular flexibility index (Phi) is 4.19. The highest BCUT2D eigenvalue weighted by atomic mass is 16.8. The van der Waals surface area contributed by atoms with Gasteiger partial charge in [-0.2, -0.15) is 0 Å². The monoisotopic (exact) mass is 271 g/mol. The number of carbonyl (C=O) groups is 1. The first kappa shape index (κ1) is 14.2. The summed E-state index contributed by atoms with van der Waals surface area (Å²) in [5.74, 6) is -1.77. The van der Waals surface area contributed by atoms with E-state index in [-0.39, 0.29) is 5.75 Å². The third-order valence-electron chi connectivity index (χ3n) is 2.26. The number of nitrogens with zero attached hydrogens (tertiary/aromatic N) is 3. The van der Waals surface area contributed by atoms with E-state index < -0.39 is 33.6 Å². The van der Waals surface area contributed by atoms with Gasteiger partial charge in [0.1, 0.15) is 5.75 Å². The van der Waals surface area contributed by atoms with Crippen molar-refractivity contribution in [2.45, 2.75) is 12.5 Å². The summed E-state index contributed by atoms with van der Waals surface area (Å²) in [6.07, 6.45) is -0.447. The number of carboxylic acids is 1. The number of rotatable bonds is 6. The van der Waals surface area contributed by atoms with Gasteiger partial charge in [0.05, 0.1) is 0 Å². The van der Waals surface area contributed by atoms with Crippen molar-refractivity contribution < 1.29 is 25.1 Å². The Morgan fingerprint density at radius 1 is 1.21 bits per heavy atom. The fraction of sp³-hybridized carbons (Fsp3) is 0.222. The number of aromatic hydroxyl groups is 1. The van der Waals surface area contributed by atoms with E-state index in [1.54, 1.807) is 0 Å². The van der Waals surface area contributed by atoms with Gasteiger partial charge in [0, 0.05) is 6.42 Å². The molecule has 1 aromatic rings. The second-order valence-electron chi connectivity index (χ2n) is 3.52. The molecule has 10 heteroatoms. The van der Waals surface area contributed by atoms with Gasteiger partial charge in [-0.15, -0.1) is 0 Å². The van der Waals surface area contributed by atoms with Crippen molar-refractivity contribution in [2.24, 2.45) is 0 Å². The molecule has 0 amide bonds. The van der Waals surface area contributed by atoms with Crippen LogP contribution in [0, 0.1) is 20.2 Å². The van der Waals surface area contributed by atoms with Crippen LogP contribution in [-0.2, 0) is 11.2 Å². The van der Waals surface area contributed by atoms with Crippen molar-refractivity contribution in [3.63, 3.8) is 0 Å². The van der Waals surface area contributed by atoms with Crippen LogP contribution in [0.15, 0.2) is 24.3 Å². The standard InChI is InChI=1S/C9H9N3O7/c13-7-3-1-6(2-4-7)5-8(9(14)15)10(11(16)17)12(18)19/h1-4,8,13H,5H2,(H,14,15)/t8-/m0/s1. The van der Waals surface area contributed by atoms with Crippen LogP contribution in [0.3, 0.4) is 0 Å². The molecule has 0 unspecified atom stereocenters. The molecule has 0 fully saturated rings. The Hall–Kier alpha value is -2.91. The van der Waals surface area contributed by atoms with Crippen molar-refractivity contribution in [3.05, 3.63) is 50.1 Å². The van der Waals surface area contributed by atoms with E-state index in [0.29, 0.717) is 5.56 Å². The fourth-order valence-corrected chi connectivity index (χ4v) is 1.41. The van der Waals surface area contributed by atoms with E-state index in [1.807, 2.05) is 0 Å². The summed E-state index contributed by atoms with van der Waals surface area (Å²) >= 11 is 0. The maximum atomic E-state index is 10.9. The lowest BCUT2D eigenvalue weighted by Crippen LogP contribution is -2.49. The second-order valence-corrected chi connectivity index (χ2v) is 3.52. The average Bonchev–Trinajstić information content (AvgIpc) is 2.29. The number of phenols is 1. The van der Waals surface area contributed by atoms with E-state index in [0.717, 1.165) is 0 Å². The largest absolute Gasteiger partial charge is 0.508 e. The number of aliphatic carboxylic acids is 1. The predicted molar refractivity (Wildman–Crippen MR) is 59.1 cm³/mol. The number of nitro groups is 2. The van der Waals surface area contributed by atoms with Crippen LogP contribution in [0.2, 0.25) is 0 Å². The normalized spacial score (nSPS) is 11.6. The molecule has 0 bridgehead atoms. The van der Waals surface area contributed by atoms with Gasteiger partial charge in [0.2, 0.25) is 10.1 Å². The topological polar surface area (TPSA) is 147 Å². The smallest absolute Gasteiger partial charge is 0.339 e. The molecular weight excluding hydrogens is 262 g/mol. The molecule has 0 aliphatic heterocycles. The summed E-state index contributed by atoms with van der Waals surface area (Å²) in [5.41, 5.74) is 0.305. The number of hydrogen-bond donors (Lipinski definition) is 2. The number of benzene rings is 1. The minimum absolute atomic E-state index is 0.0731. The number of hydrogen-bond acceptors (Lipinski definition) is 6. The lowest BCUT2D eigenvalue weighted by molar-refractivity contribution is -0.912. The zero-order valence-corrected chi connectivity index (χ0v) is 9.37. The van der Waals surface area contributed by atoms with Gasteiger partial charge >= 0.3 is 5.97 Å². The lowest BCUT2D eigenvalue weighted by Gasteiger charge is -2.12. The Bertz CT molecular complexity index is 487. The summed E-state index contributed by atoms with van der Waals surface area (Å²) in [7, 11) is 0. The molecule has 1 atom stereocenters. The second kappa shape index (κ2) is 5.62. The number of phenolic OH excluding ortho intramolecular Hbond substituents is 1. The molecule has 0 aromatic heterocycles. The minimum Gasteiger partial charge on any atom is -0.508 e. The number of carboxylic acid groups (broad SMARTS) is 1. The van der Waals surface area contributed by atoms with Crippen LogP contribution in [0.25, 0.3) is 0 Å². The molecule has 0 radical (unpaired) electrons. The third kappa shape index (κ3) is 3.52. The molecule has 2 N–H and O–H groups in total. The molecule has 0 saturated carbocycles. The first-order valence-corrected chi connectivity index (χ1v) is 4.91. The van der Waals surface area contributed by atoms with Crippen LogP contribution in [0.5, 0.6) is 5.75 Å². The van der Waals surface area contributed by atoms with Crippen LogP contribution < -0.4 is 0 Å². The summed E-state index contributed by atoms with van der Waals surface area (Å²) in [5, 5.41) is 35.6. The summed E-state index contributed by atoms with van der Waals surface area (Å²) in [6, 6.07) is 3.19. The van der Waals surface area contributed by atoms with E-state index in [1.165, 1.54) is 24.3 Å². The van der Waals surface area contributed by atoms with Gasteiger partial charge in [-0.25, -0.2) is 25.0 Å². The minimum atomic E-state index is -1.95. The Morgan fingerprint density at radius 2 is 1.68 bits per heavy atom. The zero-order chi connectivity index (χ0) is 14.6. The van der Waals surface area contributed by atoms with Gasteiger partial charge in [-0.05, 0) is 17.7 Å². The van der Waals surface area contributed by atoms with Gasteiger partial charge in [0.15, 0.2) is 5.12 Å². The third-order valence-corrected chi connectivity index (χ3v) is 2.26. The molecule has 19 heavy (non-hydrogen) atoms. The summed E-state index contributed by atoms with van der Waals surface area (Å²) in [6.45, 7) is 0. The molecular formula is C9H9N3O7. The van der Waals surface area contributed by atoms with Crippen molar-refractivity contribution in [2.75, 3.05) is 0 Å². The van der Waals surface area contributed by atoms with Gasteiger partial charge < -0.3 is 10.2 Å². The van der Waals surface area contributed by atoms with Crippen LogP contribution in [-0.4, -0.2) is 37.4 Å². The summed E-state index contributed by atoms with van der Waals surface area (Å²) in [4.78, 5) is 32.0. The molecule has 1 rings (SSSR count). The van der Waals surface area contributed by atoms with Crippen molar-refractivity contribution >= 4 is 5.97 Å². The fourth-order valence-electron chi connectivity index (χ4n) is 1.41. The Balaban J connectivity index is 3.01. The molecule has 0 saturated heterocycles. The average molecular weight is 271 g/mol. The maximum Gasteiger partial charge on any atom is 0.339 e. The lowest BCUT2D eigenvalue weighted by atomic mass is 10.1.